The number of amides is 2. The van der Waals surface area contributed by atoms with Gasteiger partial charge in [-0.2, -0.15) is 40.5 Å². The molecule has 236 valence electrons. The fourth-order valence-corrected chi connectivity index (χ4v) is 5.62. The van der Waals surface area contributed by atoms with Gasteiger partial charge in [-0.05, 0) is 49.9 Å². The second kappa shape index (κ2) is 16.4. The summed E-state index contributed by atoms with van der Waals surface area (Å²) in [5.74, 6) is -0.688. The van der Waals surface area contributed by atoms with Crippen LogP contribution >= 0.6 is 40.5 Å². The number of hydrogen-bond acceptors (Lipinski definition) is 7. The van der Waals surface area contributed by atoms with Crippen molar-refractivity contribution in [1.82, 2.24) is 15.1 Å². The summed E-state index contributed by atoms with van der Waals surface area (Å²) in [5, 5.41) is 2.97. The van der Waals surface area contributed by atoms with Crippen molar-refractivity contribution in [3.8, 4) is 0 Å². The van der Waals surface area contributed by atoms with Gasteiger partial charge in [-0.25, -0.2) is 0 Å². The molecule has 3 fully saturated rings. The number of fused-ring (bicyclic) bond motifs is 1. The molecule has 3 saturated heterocycles. The molecule has 0 unspecified atom stereocenters. The molecule has 0 aromatic heterocycles. The van der Waals surface area contributed by atoms with E-state index in [1.807, 2.05) is 45.0 Å². The summed E-state index contributed by atoms with van der Waals surface area (Å²) in [5.41, 5.74) is 1.38. The Morgan fingerprint density at radius 2 is 1.63 bits per heavy atom. The second-order valence-corrected chi connectivity index (χ2v) is 11.9. The zero-order valence-corrected chi connectivity index (χ0v) is 27.5. The van der Waals surface area contributed by atoms with Gasteiger partial charge >= 0.3 is 0 Å². The largest absolute Gasteiger partial charge is 0.377 e. The van der Waals surface area contributed by atoms with Crippen molar-refractivity contribution in [2.45, 2.75) is 78.8 Å². The highest BCUT2D eigenvalue weighted by atomic mass is 32.1. The van der Waals surface area contributed by atoms with Crippen LogP contribution in [0, 0.1) is 5.41 Å². The predicted octanol–water partition coefficient (Wildman–Crippen LogP) is 2.92. The van der Waals surface area contributed by atoms with Crippen LogP contribution in [0.5, 0.6) is 0 Å². The molecule has 3 heterocycles. The molecule has 4 rings (SSSR count). The maximum absolute atomic E-state index is 13.7. The lowest BCUT2D eigenvalue weighted by Gasteiger charge is -2.38. The maximum atomic E-state index is 13.7. The summed E-state index contributed by atoms with van der Waals surface area (Å²) >= 11 is 0. The molecule has 0 aliphatic carbocycles. The molecular formula is C29H52N4O5S3. The molecule has 9 nitrogen and oxygen atoms in total. The SMILES string of the molecule is C.CO[C@@H]1CN(C(=O)[C@H](CC(C)(C)C)NC(=O)c2ccc(N3CCN(C(C)C)CC3)cc2)[C@@H]2C(=O)CO[C@@H]21.S.S.S. The number of anilines is 1. The van der Waals surface area contributed by atoms with Gasteiger partial charge in [0.1, 0.15) is 30.9 Å². The monoisotopic (exact) mass is 632 g/mol. The van der Waals surface area contributed by atoms with E-state index in [-0.39, 0.29) is 90.2 Å². The first kappa shape index (κ1) is 39.6. The van der Waals surface area contributed by atoms with Crippen LogP contribution in [0.2, 0.25) is 0 Å². The second-order valence-electron chi connectivity index (χ2n) is 11.9. The van der Waals surface area contributed by atoms with Crippen molar-refractivity contribution in [3.05, 3.63) is 29.8 Å². The number of ether oxygens (including phenoxy) is 2. The number of nitrogens with one attached hydrogen (secondary N) is 1. The minimum Gasteiger partial charge on any atom is -0.377 e. The number of ketones is 1. The van der Waals surface area contributed by atoms with Crippen LogP contribution in [0.15, 0.2) is 24.3 Å². The fraction of sp³-hybridized carbons (Fsp3) is 0.690. The van der Waals surface area contributed by atoms with Gasteiger partial charge in [0.05, 0.1) is 6.54 Å². The Morgan fingerprint density at radius 1 is 1.05 bits per heavy atom. The first-order chi connectivity index (χ1) is 17.5. The van der Waals surface area contributed by atoms with E-state index in [4.69, 9.17) is 9.47 Å². The first-order valence-electron chi connectivity index (χ1n) is 13.4. The van der Waals surface area contributed by atoms with E-state index in [1.54, 1.807) is 12.0 Å². The number of nitrogens with zero attached hydrogens (tertiary/aromatic N) is 3. The quantitative estimate of drug-likeness (QED) is 0.495. The van der Waals surface area contributed by atoms with Crippen molar-refractivity contribution in [3.63, 3.8) is 0 Å². The van der Waals surface area contributed by atoms with Crippen molar-refractivity contribution in [1.29, 1.82) is 0 Å². The number of carbonyl (C=O) groups is 3. The lowest BCUT2D eigenvalue weighted by molar-refractivity contribution is -0.138. The number of likely N-dealkylation sites (tertiary alicyclic amines) is 1. The van der Waals surface area contributed by atoms with Crippen molar-refractivity contribution in [2.75, 3.05) is 51.3 Å². The number of Topliss-reactive ketones (excluding diaryl/α,β-unsaturated/α-hetero) is 1. The standard InChI is InChI=1S/C28H42N4O5.CH4.3H2S/c1-18(2)30-11-13-31(14-12-30)20-9-7-19(8-10-20)26(34)29-21(15-28(3,4)5)27(35)32-16-23(36-6)25-24(32)22(33)17-37-25;;;;/h7-10,18,21,23-25H,11-17H2,1-6H3,(H,29,34);1H4;3*1H2/t21-,23+,24+,25+;;;;/m0..../s1. The zero-order chi connectivity index (χ0) is 26.9. The van der Waals surface area contributed by atoms with Crippen LogP contribution in [0.1, 0.15) is 58.8 Å². The normalized spacial score (nSPS) is 23.0. The number of hydrogen-bond donors (Lipinski definition) is 1. The predicted molar refractivity (Wildman–Crippen MR) is 180 cm³/mol. The zero-order valence-electron chi connectivity index (χ0n) is 24.5. The topological polar surface area (TPSA) is 91.4 Å². The van der Waals surface area contributed by atoms with Gasteiger partial charge in [0.2, 0.25) is 5.91 Å². The Morgan fingerprint density at radius 3 is 2.15 bits per heavy atom. The van der Waals surface area contributed by atoms with Crippen LogP contribution in [0.4, 0.5) is 5.69 Å². The van der Waals surface area contributed by atoms with Gasteiger partial charge in [-0.1, -0.05) is 28.2 Å². The molecule has 0 bridgehead atoms. The fourth-order valence-electron chi connectivity index (χ4n) is 5.62. The van der Waals surface area contributed by atoms with E-state index in [9.17, 15) is 14.4 Å². The summed E-state index contributed by atoms with van der Waals surface area (Å²) in [6.45, 7) is 14.7. The van der Waals surface area contributed by atoms with Crippen LogP contribution in [0.25, 0.3) is 0 Å². The maximum Gasteiger partial charge on any atom is 0.251 e. The van der Waals surface area contributed by atoms with Crippen LogP contribution < -0.4 is 10.2 Å². The molecule has 1 aromatic carbocycles. The van der Waals surface area contributed by atoms with Gasteiger partial charge < -0.3 is 24.6 Å². The molecule has 0 radical (unpaired) electrons. The average molecular weight is 633 g/mol. The lowest BCUT2D eigenvalue weighted by atomic mass is 9.87. The third-order valence-electron chi connectivity index (χ3n) is 7.68. The van der Waals surface area contributed by atoms with Crippen molar-refractivity contribution >= 4 is 63.8 Å². The van der Waals surface area contributed by atoms with E-state index in [1.165, 1.54) is 0 Å². The van der Waals surface area contributed by atoms with E-state index in [2.05, 4.69) is 29.0 Å². The number of carbonyl (C=O) groups excluding carboxylic acids is 3. The summed E-state index contributed by atoms with van der Waals surface area (Å²) in [7, 11) is 1.56. The Balaban J connectivity index is 0.00000400. The number of methoxy groups -OCH3 is 1. The van der Waals surface area contributed by atoms with Gasteiger partial charge in [-0.15, -0.1) is 0 Å². The summed E-state index contributed by atoms with van der Waals surface area (Å²) < 4.78 is 11.1. The molecule has 3 aliphatic rings. The van der Waals surface area contributed by atoms with E-state index < -0.39 is 18.2 Å². The molecule has 1 N–H and O–H groups in total. The Labute approximate surface area is 267 Å². The Hall–Kier alpha value is -1.44. The van der Waals surface area contributed by atoms with Crippen LogP contribution in [-0.4, -0.2) is 104 Å². The smallest absolute Gasteiger partial charge is 0.251 e. The van der Waals surface area contributed by atoms with Gasteiger partial charge in [0.25, 0.3) is 5.91 Å². The number of rotatable bonds is 7. The Bertz CT molecular complexity index is 997. The third kappa shape index (κ3) is 9.27. The van der Waals surface area contributed by atoms with E-state index >= 15 is 0 Å². The highest BCUT2D eigenvalue weighted by Gasteiger charge is 2.53. The van der Waals surface area contributed by atoms with Gasteiger partial charge in [0.15, 0.2) is 5.78 Å². The molecule has 4 atom stereocenters. The number of piperazine rings is 1. The molecule has 0 spiro atoms. The highest BCUT2D eigenvalue weighted by Crippen LogP contribution is 2.31. The molecular weight excluding hydrogens is 581 g/mol. The molecule has 1 aromatic rings. The molecule has 3 aliphatic heterocycles. The minimum absolute atomic E-state index is 0. The molecule has 12 heteroatoms. The van der Waals surface area contributed by atoms with Crippen molar-refractivity contribution < 1.29 is 23.9 Å². The van der Waals surface area contributed by atoms with E-state index in [0.717, 1.165) is 31.9 Å². The van der Waals surface area contributed by atoms with Gasteiger partial charge in [0, 0.05) is 50.6 Å². The summed E-state index contributed by atoms with van der Waals surface area (Å²) in [6, 6.07) is 6.71. The molecule has 41 heavy (non-hydrogen) atoms. The summed E-state index contributed by atoms with van der Waals surface area (Å²) in [4.78, 5) is 45.8. The molecule has 2 amide bonds. The Kier molecular flexibility index (Phi) is 15.8. The van der Waals surface area contributed by atoms with Crippen molar-refractivity contribution in [2.24, 2.45) is 5.41 Å². The molecule has 0 saturated carbocycles. The number of benzene rings is 1. The van der Waals surface area contributed by atoms with Crippen LogP contribution in [-0.2, 0) is 19.1 Å². The minimum atomic E-state index is -0.763. The van der Waals surface area contributed by atoms with Crippen LogP contribution in [0.3, 0.4) is 0 Å². The van der Waals surface area contributed by atoms with Gasteiger partial charge in [-0.3, -0.25) is 19.3 Å². The lowest BCUT2D eigenvalue weighted by Crippen LogP contribution is -2.53. The average Bonchev–Trinajstić information content (AvgIpc) is 3.42. The first-order valence-corrected chi connectivity index (χ1v) is 13.4. The van der Waals surface area contributed by atoms with E-state index in [0.29, 0.717) is 18.0 Å². The third-order valence-corrected chi connectivity index (χ3v) is 7.68. The summed E-state index contributed by atoms with van der Waals surface area (Å²) in [6.07, 6.45) is -0.375. The highest BCUT2D eigenvalue weighted by molar-refractivity contribution is 7.59.